The third-order valence-corrected chi connectivity index (χ3v) is 3.11. The molecule has 2 aromatic rings. The molecule has 24 heavy (non-hydrogen) atoms. The molecule has 0 unspecified atom stereocenters. The average molecular weight is 337 g/mol. The van der Waals surface area contributed by atoms with E-state index >= 15 is 0 Å². The number of benzene rings is 2. The van der Waals surface area contributed by atoms with Crippen LogP contribution in [0.25, 0.3) is 0 Å². The first-order valence-electron chi connectivity index (χ1n) is 7.07. The van der Waals surface area contributed by atoms with E-state index < -0.39 is 18.3 Å². The van der Waals surface area contributed by atoms with Crippen LogP contribution in [0, 0.1) is 5.82 Å². The minimum atomic E-state index is -2.91. The van der Waals surface area contributed by atoms with E-state index in [1.54, 1.807) is 0 Å². The summed E-state index contributed by atoms with van der Waals surface area (Å²) in [6.07, 6.45) is -0.0739. The van der Waals surface area contributed by atoms with Crippen LogP contribution in [-0.2, 0) is 4.79 Å². The number of anilines is 1. The molecule has 2 rings (SSSR count). The van der Waals surface area contributed by atoms with Crippen molar-refractivity contribution in [2.24, 2.45) is 0 Å². The van der Waals surface area contributed by atoms with E-state index in [-0.39, 0.29) is 24.4 Å². The number of ether oxygens (including phenoxy) is 1. The summed E-state index contributed by atoms with van der Waals surface area (Å²) in [5.74, 6) is -1.13. The molecule has 0 bridgehead atoms. The molecule has 4 nitrogen and oxygen atoms in total. The number of hydrogen-bond acceptors (Lipinski definition) is 3. The number of amides is 1. The lowest BCUT2D eigenvalue weighted by atomic mass is 10.1. The van der Waals surface area contributed by atoms with E-state index in [1.165, 1.54) is 48.5 Å². The third-order valence-electron chi connectivity index (χ3n) is 3.11. The number of carbonyl (C=O) groups is 2. The Kier molecular flexibility index (Phi) is 5.95. The van der Waals surface area contributed by atoms with Gasteiger partial charge in [-0.15, -0.1) is 0 Å². The van der Waals surface area contributed by atoms with Crippen molar-refractivity contribution >= 4 is 17.4 Å². The number of carbonyl (C=O) groups excluding carboxylic acids is 2. The monoisotopic (exact) mass is 337 g/mol. The van der Waals surface area contributed by atoms with Gasteiger partial charge in [0.25, 0.3) is 0 Å². The van der Waals surface area contributed by atoms with E-state index in [1.807, 2.05) is 0 Å². The zero-order valence-electron chi connectivity index (χ0n) is 12.5. The van der Waals surface area contributed by atoms with Gasteiger partial charge in [-0.1, -0.05) is 0 Å². The molecule has 0 aliphatic carbocycles. The predicted octanol–water partition coefficient (Wildman–Crippen LogP) is 4.03. The molecular formula is C17H14F3NO3. The van der Waals surface area contributed by atoms with E-state index in [0.717, 1.165) is 0 Å². The van der Waals surface area contributed by atoms with Crippen LogP contribution in [0.5, 0.6) is 5.75 Å². The van der Waals surface area contributed by atoms with Gasteiger partial charge in [-0.25, -0.2) is 4.39 Å². The maximum Gasteiger partial charge on any atom is 0.387 e. The fraction of sp³-hybridized carbons (Fsp3) is 0.176. The van der Waals surface area contributed by atoms with Gasteiger partial charge in [0.15, 0.2) is 5.78 Å². The predicted molar refractivity (Wildman–Crippen MR) is 81.7 cm³/mol. The molecule has 126 valence electrons. The van der Waals surface area contributed by atoms with Crippen molar-refractivity contribution < 1.29 is 27.5 Å². The summed E-state index contributed by atoms with van der Waals surface area (Å²) in [5, 5.41) is 2.54. The Balaban J connectivity index is 1.82. The van der Waals surface area contributed by atoms with Crippen molar-refractivity contribution in [1.29, 1.82) is 0 Å². The van der Waals surface area contributed by atoms with E-state index in [9.17, 15) is 22.8 Å². The molecule has 0 atom stereocenters. The van der Waals surface area contributed by atoms with E-state index in [4.69, 9.17) is 0 Å². The highest BCUT2D eigenvalue weighted by Gasteiger charge is 2.10. The van der Waals surface area contributed by atoms with Gasteiger partial charge < -0.3 is 10.1 Å². The topological polar surface area (TPSA) is 55.4 Å². The van der Waals surface area contributed by atoms with Crippen molar-refractivity contribution in [2.45, 2.75) is 19.5 Å². The van der Waals surface area contributed by atoms with Crippen LogP contribution in [0.4, 0.5) is 18.9 Å². The Morgan fingerprint density at radius 1 is 0.958 bits per heavy atom. The number of rotatable bonds is 7. The minimum Gasteiger partial charge on any atom is -0.435 e. The van der Waals surface area contributed by atoms with Crippen molar-refractivity contribution in [3.63, 3.8) is 0 Å². The summed E-state index contributed by atoms with van der Waals surface area (Å²) in [7, 11) is 0. The maximum absolute atomic E-state index is 12.8. The minimum absolute atomic E-state index is 0.0190. The summed E-state index contributed by atoms with van der Waals surface area (Å²) in [6.45, 7) is -2.91. The molecular weight excluding hydrogens is 323 g/mol. The van der Waals surface area contributed by atoms with Crippen LogP contribution in [0.2, 0.25) is 0 Å². The van der Waals surface area contributed by atoms with Crippen LogP contribution >= 0.6 is 0 Å². The molecule has 0 heterocycles. The van der Waals surface area contributed by atoms with E-state index in [0.29, 0.717) is 11.3 Å². The highest BCUT2D eigenvalue weighted by molar-refractivity contribution is 5.99. The molecule has 0 aliphatic rings. The van der Waals surface area contributed by atoms with Crippen LogP contribution in [0.3, 0.4) is 0 Å². The van der Waals surface area contributed by atoms with Gasteiger partial charge in [-0.3, -0.25) is 9.59 Å². The Bertz CT molecular complexity index is 700. The van der Waals surface area contributed by atoms with Crippen LogP contribution in [0.1, 0.15) is 23.2 Å². The number of ketones is 1. The number of alkyl halides is 2. The summed E-state index contributed by atoms with van der Waals surface area (Å²) >= 11 is 0. The lowest BCUT2D eigenvalue weighted by molar-refractivity contribution is -0.116. The molecule has 1 N–H and O–H groups in total. The lowest BCUT2D eigenvalue weighted by Crippen LogP contribution is -2.13. The van der Waals surface area contributed by atoms with Crippen molar-refractivity contribution in [3.8, 4) is 5.75 Å². The van der Waals surface area contributed by atoms with Gasteiger partial charge in [0, 0.05) is 24.1 Å². The second kappa shape index (κ2) is 8.14. The van der Waals surface area contributed by atoms with Crippen molar-refractivity contribution in [1.82, 2.24) is 0 Å². The van der Waals surface area contributed by atoms with Crippen LogP contribution in [-0.4, -0.2) is 18.3 Å². The molecule has 0 saturated carbocycles. The summed E-state index contributed by atoms with van der Waals surface area (Å²) < 4.78 is 41.0. The fourth-order valence-corrected chi connectivity index (χ4v) is 1.95. The number of halogens is 3. The molecule has 0 saturated heterocycles. The maximum atomic E-state index is 12.8. The number of nitrogens with one attached hydrogen (secondary N) is 1. The Hall–Kier alpha value is -2.83. The molecule has 0 aliphatic heterocycles. The summed E-state index contributed by atoms with van der Waals surface area (Å²) in [4.78, 5) is 23.7. The first-order valence-corrected chi connectivity index (χ1v) is 7.07. The van der Waals surface area contributed by atoms with Gasteiger partial charge in [0.1, 0.15) is 11.6 Å². The standard InChI is InChI=1S/C17H14F3NO3/c18-12-3-1-11(2-4-12)15(22)9-10-16(23)21-13-5-7-14(8-6-13)24-17(19)20/h1-8,17H,9-10H2,(H,21,23). The molecule has 0 radical (unpaired) electrons. The Morgan fingerprint density at radius 3 is 2.17 bits per heavy atom. The van der Waals surface area contributed by atoms with Crippen molar-refractivity contribution in [2.75, 3.05) is 5.32 Å². The second-order valence-electron chi connectivity index (χ2n) is 4.88. The lowest BCUT2D eigenvalue weighted by Gasteiger charge is -2.07. The molecule has 0 spiro atoms. The Morgan fingerprint density at radius 2 is 1.58 bits per heavy atom. The smallest absolute Gasteiger partial charge is 0.387 e. The summed E-state index contributed by atoms with van der Waals surface area (Å²) in [5.41, 5.74) is 0.730. The Labute approximate surface area is 136 Å². The van der Waals surface area contributed by atoms with Gasteiger partial charge in [0.05, 0.1) is 0 Å². The van der Waals surface area contributed by atoms with Crippen LogP contribution in [0.15, 0.2) is 48.5 Å². The normalized spacial score (nSPS) is 10.5. The quantitative estimate of drug-likeness (QED) is 0.776. The van der Waals surface area contributed by atoms with Gasteiger partial charge in [-0.05, 0) is 48.5 Å². The SMILES string of the molecule is O=C(CCC(=O)c1ccc(F)cc1)Nc1ccc(OC(F)F)cc1. The van der Waals surface area contributed by atoms with Crippen molar-refractivity contribution in [3.05, 3.63) is 59.9 Å². The second-order valence-corrected chi connectivity index (χ2v) is 4.88. The van der Waals surface area contributed by atoms with Gasteiger partial charge >= 0.3 is 6.61 Å². The molecule has 1 amide bonds. The van der Waals surface area contributed by atoms with Gasteiger partial charge in [-0.2, -0.15) is 8.78 Å². The molecule has 7 heteroatoms. The number of Topliss-reactive ketones (excluding diaryl/α,β-unsaturated/α-hetero) is 1. The summed E-state index contributed by atoms with van der Waals surface area (Å²) in [6, 6.07) is 10.5. The largest absolute Gasteiger partial charge is 0.435 e. The fourth-order valence-electron chi connectivity index (χ4n) is 1.95. The highest BCUT2D eigenvalue weighted by atomic mass is 19.3. The average Bonchev–Trinajstić information content (AvgIpc) is 2.54. The van der Waals surface area contributed by atoms with E-state index in [2.05, 4.69) is 10.1 Å². The zero-order valence-corrected chi connectivity index (χ0v) is 12.5. The third kappa shape index (κ3) is 5.42. The first-order chi connectivity index (χ1) is 11.4. The molecule has 0 fully saturated rings. The molecule has 0 aromatic heterocycles. The first kappa shape index (κ1) is 17.5. The van der Waals surface area contributed by atoms with Gasteiger partial charge in [0.2, 0.25) is 5.91 Å². The highest BCUT2D eigenvalue weighted by Crippen LogP contribution is 2.18. The number of hydrogen-bond donors (Lipinski definition) is 1. The van der Waals surface area contributed by atoms with Crippen LogP contribution < -0.4 is 10.1 Å². The zero-order chi connectivity index (χ0) is 17.5. The molecule has 2 aromatic carbocycles.